The highest BCUT2D eigenvalue weighted by atomic mass is 14.3. The van der Waals surface area contributed by atoms with Gasteiger partial charge in [-0.05, 0) is 43.4 Å². The first-order valence-corrected chi connectivity index (χ1v) is 6.00. The third kappa shape index (κ3) is 4.15. The number of unbranched alkanes of at least 4 members (excludes halogenated alkanes) is 2. The lowest BCUT2D eigenvalue weighted by atomic mass is 9.75. The predicted octanol–water partition coefficient (Wildman–Crippen LogP) is 4.45. The summed E-state index contributed by atoms with van der Waals surface area (Å²) in [6.07, 6.45) is 11.0. The second-order valence-electron chi connectivity index (χ2n) is 5.12. The second-order valence-corrected chi connectivity index (χ2v) is 5.12. The summed E-state index contributed by atoms with van der Waals surface area (Å²) >= 11 is 0. The van der Waals surface area contributed by atoms with Crippen LogP contribution in [0.15, 0.2) is 0 Å². The van der Waals surface area contributed by atoms with Crippen LogP contribution in [0, 0.1) is 24.2 Å². The first-order valence-electron chi connectivity index (χ1n) is 6.00. The van der Waals surface area contributed by atoms with E-state index in [1.54, 1.807) is 0 Å². The summed E-state index contributed by atoms with van der Waals surface area (Å²) in [4.78, 5) is 0. The maximum Gasteiger partial charge on any atom is -0.0409 e. The van der Waals surface area contributed by atoms with Crippen LogP contribution in [-0.4, -0.2) is 0 Å². The Kier molecular flexibility index (Phi) is 4.83. The fraction of sp³-hybridized carbons (Fsp3) is 0.923. The summed E-state index contributed by atoms with van der Waals surface area (Å²) in [6.45, 7) is 7.02. The van der Waals surface area contributed by atoms with E-state index in [0.717, 1.165) is 17.8 Å². The van der Waals surface area contributed by atoms with Gasteiger partial charge in [-0.1, -0.05) is 40.0 Å². The smallest absolute Gasteiger partial charge is 0.0409 e. The number of hydrogen-bond acceptors (Lipinski definition) is 0. The van der Waals surface area contributed by atoms with Gasteiger partial charge in [0, 0.05) is 0 Å². The molecule has 2 unspecified atom stereocenters. The maximum atomic E-state index is 2.43. The van der Waals surface area contributed by atoms with Crippen LogP contribution in [-0.2, 0) is 0 Å². The Bertz CT molecular complexity index is 118. The van der Waals surface area contributed by atoms with Crippen LogP contribution in [0.25, 0.3) is 0 Å². The Labute approximate surface area is 84.1 Å². The van der Waals surface area contributed by atoms with Crippen LogP contribution in [0.3, 0.4) is 0 Å². The molecule has 13 heavy (non-hydrogen) atoms. The molecule has 0 aliphatic heterocycles. The molecule has 0 amide bonds. The monoisotopic (exact) mass is 181 g/mol. The van der Waals surface area contributed by atoms with Crippen LogP contribution in [0.5, 0.6) is 0 Å². The molecule has 1 aliphatic rings. The van der Waals surface area contributed by atoms with E-state index in [0.29, 0.717) is 0 Å². The Hall–Kier alpha value is 0. The van der Waals surface area contributed by atoms with Crippen molar-refractivity contribution in [3.05, 3.63) is 6.42 Å². The molecule has 1 radical (unpaired) electrons. The fourth-order valence-electron chi connectivity index (χ4n) is 2.96. The van der Waals surface area contributed by atoms with E-state index >= 15 is 0 Å². The molecule has 1 saturated carbocycles. The summed E-state index contributed by atoms with van der Waals surface area (Å²) in [5, 5.41) is 0. The minimum atomic E-state index is 0.986. The van der Waals surface area contributed by atoms with Gasteiger partial charge in [-0.3, -0.25) is 0 Å². The van der Waals surface area contributed by atoms with Crippen molar-refractivity contribution >= 4 is 0 Å². The van der Waals surface area contributed by atoms with Gasteiger partial charge >= 0.3 is 0 Å². The average Bonchev–Trinajstić information content (AvgIpc) is 2.03. The van der Waals surface area contributed by atoms with Crippen molar-refractivity contribution in [1.29, 1.82) is 0 Å². The highest BCUT2D eigenvalue weighted by Gasteiger charge is 2.22. The van der Waals surface area contributed by atoms with Crippen molar-refractivity contribution in [3.63, 3.8) is 0 Å². The first-order chi connectivity index (χ1) is 6.22. The standard InChI is InChI=1S/C13H25/c1-4-5-6-7-13-9-11(2)8-12(3)10-13/h4,11-13H,5-10H2,1-3H3. The summed E-state index contributed by atoms with van der Waals surface area (Å²) in [6, 6.07) is 0. The Morgan fingerprint density at radius 2 is 1.69 bits per heavy atom. The SMILES string of the molecule is C[CH]CCCC1CC(C)CC(C)C1. The largest absolute Gasteiger partial charge is 0.0625 e. The van der Waals surface area contributed by atoms with Crippen LogP contribution in [0.1, 0.15) is 59.3 Å². The fourth-order valence-corrected chi connectivity index (χ4v) is 2.96. The van der Waals surface area contributed by atoms with Gasteiger partial charge in [-0.2, -0.15) is 0 Å². The molecule has 1 fully saturated rings. The summed E-state index contributed by atoms with van der Waals surface area (Å²) in [7, 11) is 0. The zero-order valence-electron chi connectivity index (χ0n) is 9.55. The zero-order chi connectivity index (χ0) is 9.68. The van der Waals surface area contributed by atoms with E-state index in [2.05, 4.69) is 27.2 Å². The molecule has 0 heterocycles. The van der Waals surface area contributed by atoms with Gasteiger partial charge in [0.25, 0.3) is 0 Å². The Balaban J connectivity index is 2.17. The van der Waals surface area contributed by atoms with Gasteiger partial charge in [-0.25, -0.2) is 0 Å². The van der Waals surface area contributed by atoms with Crippen LogP contribution >= 0.6 is 0 Å². The molecule has 1 rings (SSSR count). The number of rotatable bonds is 4. The van der Waals surface area contributed by atoms with Crippen molar-refractivity contribution < 1.29 is 0 Å². The Morgan fingerprint density at radius 3 is 2.23 bits per heavy atom. The molecule has 2 atom stereocenters. The molecule has 0 aromatic carbocycles. The van der Waals surface area contributed by atoms with E-state index in [1.807, 2.05) is 0 Å². The predicted molar refractivity (Wildman–Crippen MR) is 59.5 cm³/mol. The van der Waals surface area contributed by atoms with Gasteiger partial charge in [-0.15, -0.1) is 0 Å². The third-order valence-corrected chi connectivity index (χ3v) is 3.38. The molecule has 0 spiro atoms. The number of hydrogen-bond donors (Lipinski definition) is 0. The zero-order valence-corrected chi connectivity index (χ0v) is 9.55. The maximum absolute atomic E-state index is 2.43. The highest BCUT2D eigenvalue weighted by Crippen LogP contribution is 2.35. The molecular weight excluding hydrogens is 156 g/mol. The molecule has 0 saturated heterocycles. The Morgan fingerprint density at radius 1 is 1.08 bits per heavy atom. The molecule has 0 N–H and O–H groups in total. The van der Waals surface area contributed by atoms with E-state index < -0.39 is 0 Å². The molecule has 0 aromatic rings. The van der Waals surface area contributed by atoms with Gasteiger partial charge < -0.3 is 0 Å². The summed E-state index contributed by atoms with van der Waals surface area (Å²) in [5.74, 6) is 3.01. The van der Waals surface area contributed by atoms with Crippen molar-refractivity contribution in [2.75, 3.05) is 0 Å². The topological polar surface area (TPSA) is 0 Å². The second kappa shape index (κ2) is 5.67. The molecule has 0 nitrogen and oxygen atoms in total. The normalized spacial score (nSPS) is 34.8. The van der Waals surface area contributed by atoms with Gasteiger partial charge in [0.2, 0.25) is 0 Å². The minimum Gasteiger partial charge on any atom is -0.0625 e. The summed E-state index contributed by atoms with van der Waals surface area (Å²) in [5.41, 5.74) is 0. The van der Waals surface area contributed by atoms with E-state index in [4.69, 9.17) is 0 Å². The first kappa shape index (κ1) is 11.1. The van der Waals surface area contributed by atoms with Crippen LogP contribution in [0.2, 0.25) is 0 Å². The van der Waals surface area contributed by atoms with Crippen molar-refractivity contribution in [1.82, 2.24) is 0 Å². The molecule has 0 aromatic heterocycles. The highest BCUT2D eigenvalue weighted by molar-refractivity contribution is 4.75. The third-order valence-electron chi connectivity index (χ3n) is 3.38. The van der Waals surface area contributed by atoms with Gasteiger partial charge in [0.05, 0.1) is 0 Å². The molecule has 0 heteroatoms. The molecule has 1 aliphatic carbocycles. The van der Waals surface area contributed by atoms with Crippen molar-refractivity contribution in [3.8, 4) is 0 Å². The lowest BCUT2D eigenvalue weighted by Crippen LogP contribution is -2.19. The summed E-state index contributed by atoms with van der Waals surface area (Å²) < 4.78 is 0. The van der Waals surface area contributed by atoms with Crippen LogP contribution in [0.4, 0.5) is 0 Å². The minimum absolute atomic E-state index is 0.986. The van der Waals surface area contributed by atoms with E-state index in [9.17, 15) is 0 Å². The molecular formula is C13H25. The van der Waals surface area contributed by atoms with E-state index in [-0.39, 0.29) is 0 Å². The van der Waals surface area contributed by atoms with Crippen molar-refractivity contribution in [2.24, 2.45) is 17.8 Å². The lowest BCUT2D eigenvalue weighted by Gasteiger charge is -2.31. The lowest BCUT2D eigenvalue weighted by molar-refractivity contribution is 0.207. The average molecular weight is 181 g/mol. The quantitative estimate of drug-likeness (QED) is 0.562. The van der Waals surface area contributed by atoms with E-state index in [1.165, 1.54) is 38.5 Å². The molecule has 77 valence electrons. The van der Waals surface area contributed by atoms with Crippen molar-refractivity contribution in [2.45, 2.75) is 59.3 Å². The van der Waals surface area contributed by atoms with Gasteiger partial charge in [0.15, 0.2) is 0 Å². The van der Waals surface area contributed by atoms with Gasteiger partial charge in [0.1, 0.15) is 0 Å². The molecule has 0 bridgehead atoms. The van der Waals surface area contributed by atoms with Crippen LogP contribution < -0.4 is 0 Å².